The van der Waals surface area contributed by atoms with Gasteiger partial charge in [-0.25, -0.2) is 0 Å². The molecular formula is C12H21NO6. The van der Waals surface area contributed by atoms with Crippen molar-refractivity contribution in [2.45, 2.75) is 36.7 Å². The van der Waals surface area contributed by atoms with E-state index in [-0.39, 0.29) is 13.2 Å². The average molecular weight is 275 g/mol. The first-order valence-electron chi connectivity index (χ1n) is 6.48. The third kappa shape index (κ3) is 2.75. The summed E-state index contributed by atoms with van der Waals surface area (Å²) in [5.74, 6) is -0.462. The van der Waals surface area contributed by atoms with Gasteiger partial charge in [0.1, 0.15) is 0 Å². The third-order valence-corrected chi connectivity index (χ3v) is 3.76. The van der Waals surface area contributed by atoms with Crippen LogP contribution in [0.3, 0.4) is 0 Å². The standard InChI is InChI=1S/C12H21NO6/c1-17-10-3-2-4-19-12(10,7-14)11(16)13-8-5-18-6-9(8)15/h8-10,14-15H,2-7H2,1H3,(H,13,16)/t8-,9-,10?,12?/m0/s1. The summed E-state index contributed by atoms with van der Waals surface area (Å²) in [6.07, 6.45) is 0.201. The molecule has 0 spiro atoms. The predicted octanol–water partition coefficient (Wildman–Crippen LogP) is -1.58. The molecule has 7 heteroatoms. The van der Waals surface area contributed by atoms with Crippen LogP contribution in [0, 0.1) is 0 Å². The summed E-state index contributed by atoms with van der Waals surface area (Å²) < 4.78 is 15.9. The van der Waals surface area contributed by atoms with E-state index in [2.05, 4.69) is 5.32 Å². The largest absolute Gasteiger partial charge is 0.393 e. The zero-order chi connectivity index (χ0) is 13.9. The number of aliphatic hydroxyl groups is 2. The molecule has 0 radical (unpaired) electrons. The molecule has 0 aromatic rings. The Morgan fingerprint density at radius 2 is 2.32 bits per heavy atom. The van der Waals surface area contributed by atoms with E-state index in [9.17, 15) is 15.0 Å². The number of rotatable bonds is 4. The van der Waals surface area contributed by atoms with Crippen molar-refractivity contribution in [1.29, 1.82) is 0 Å². The number of nitrogens with one attached hydrogen (secondary N) is 1. The van der Waals surface area contributed by atoms with Gasteiger partial charge in [-0.3, -0.25) is 4.79 Å². The lowest BCUT2D eigenvalue weighted by molar-refractivity contribution is -0.194. The van der Waals surface area contributed by atoms with E-state index in [1.54, 1.807) is 0 Å². The van der Waals surface area contributed by atoms with Crippen LogP contribution in [0.1, 0.15) is 12.8 Å². The van der Waals surface area contributed by atoms with Crippen molar-refractivity contribution in [3.05, 3.63) is 0 Å². The highest BCUT2D eigenvalue weighted by Crippen LogP contribution is 2.28. The summed E-state index contributed by atoms with van der Waals surface area (Å²) in [6, 6.07) is -0.473. The van der Waals surface area contributed by atoms with Gasteiger partial charge in [0.2, 0.25) is 0 Å². The molecule has 0 aromatic heterocycles. The van der Waals surface area contributed by atoms with E-state index in [1.165, 1.54) is 7.11 Å². The molecule has 2 saturated heterocycles. The van der Waals surface area contributed by atoms with Gasteiger partial charge in [0.25, 0.3) is 5.91 Å². The Kier molecular flexibility index (Phi) is 4.75. The molecule has 3 N–H and O–H groups in total. The average Bonchev–Trinajstić information content (AvgIpc) is 2.83. The Morgan fingerprint density at radius 3 is 2.89 bits per heavy atom. The van der Waals surface area contributed by atoms with Crippen molar-refractivity contribution in [2.24, 2.45) is 0 Å². The first-order chi connectivity index (χ1) is 9.14. The SMILES string of the molecule is COC1CCCOC1(CO)C(=O)N[C@H]1COC[C@@H]1O. The van der Waals surface area contributed by atoms with Gasteiger partial charge in [-0.2, -0.15) is 0 Å². The summed E-state index contributed by atoms with van der Waals surface area (Å²) in [6.45, 7) is 0.399. The maximum absolute atomic E-state index is 12.4. The first-order valence-corrected chi connectivity index (χ1v) is 6.48. The zero-order valence-electron chi connectivity index (χ0n) is 11.0. The van der Waals surface area contributed by atoms with Crippen molar-refractivity contribution >= 4 is 5.91 Å². The number of ether oxygens (including phenoxy) is 3. The topological polar surface area (TPSA) is 97.2 Å². The normalized spacial score (nSPS) is 39.2. The summed E-state index contributed by atoms with van der Waals surface area (Å²) >= 11 is 0. The third-order valence-electron chi connectivity index (χ3n) is 3.76. The minimum atomic E-state index is -1.39. The van der Waals surface area contributed by atoms with Crippen LogP contribution in [-0.4, -0.2) is 73.5 Å². The maximum atomic E-state index is 12.4. The van der Waals surface area contributed by atoms with Gasteiger partial charge in [-0.05, 0) is 12.8 Å². The molecule has 7 nitrogen and oxygen atoms in total. The molecule has 110 valence electrons. The lowest BCUT2D eigenvalue weighted by Gasteiger charge is -2.40. The van der Waals surface area contributed by atoms with E-state index in [4.69, 9.17) is 14.2 Å². The number of methoxy groups -OCH3 is 1. The van der Waals surface area contributed by atoms with Crippen molar-refractivity contribution < 1.29 is 29.2 Å². The van der Waals surface area contributed by atoms with Crippen molar-refractivity contribution in [1.82, 2.24) is 5.32 Å². The van der Waals surface area contributed by atoms with Gasteiger partial charge in [0, 0.05) is 13.7 Å². The van der Waals surface area contributed by atoms with Crippen molar-refractivity contribution in [3.8, 4) is 0 Å². The van der Waals surface area contributed by atoms with E-state index >= 15 is 0 Å². The maximum Gasteiger partial charge on any atom is 0.257 e. The number of aliphatic hydroxyl groups excluding tert-OH is 2. The molecule has 0 aliphatic carbocycles. The highest BCUT2D eigenvalue weighted by atomic mass is 16.6. The molecular weight excluding hydrogens is 254 g/mol. The molecule has 2 aliphatic rings. The van der Waals surface area contributed by atoms with Gasteiger partial charge in [0.05, 0.1) is 38.1 Å². The van der Waals surface area contributed by atoms with Gasteiger partial charge in [-0.15, -0.1) is 0 Å². The Labute approximate surface area is 111 Å². The second kappa shape index (κ2) is 6.15. The highest BCUT2D eigenvalue weighted by molar-refractivity contribution is 5.86. The quantitative estimate of drug-likeness (QED) is 0.573. The second-order valence-corrected chi connectivity index (χ2v) is 4.95. The summed E-state index contributed by atoms with van der Waals surface area (Å²) in [4.78, 5) is 12.4. The second-order valence-electron chi connectivity index (χ2n) is 4.95. The number of hydrogen-bond acceptors (Lipinski definition) is 6. The molecule has 2 rings (SSSR count). The van der Waals surface area contributed by atoms with Crippen LogP contribution in [0.4, 0.5) is 0 Å². The molecule has 2 fully saturated rings. The Bertz CT molecular complexity index is 325. The minimum absolute atomic E-state index is 0.200. The van der Waals surface area contributed by atoms with Crippen LogP contribution >= 0.6 is 0 Å². The minimum Gasteiger partial charge on any atom is -0.393 e. The molecule has 0 saturated carbocycles. The van der Waals surface area contributed by atoms with E-state index in [1.807, 2.05) is 0 Å². The molecule has 4 atom stereocenters. The fourth-order valence-corrected chi connectivity index (χ4v) is 2.56. The summed E-state index contributed by atoms with van der Waals surface area (Å²) in [5.41, 5.74) is -1.39. The van der Waals surface area contributed by atoms with Crippen LogP contribution in [0.5, 0.6) is 0 Å². The lowest BCUT2D eigenvalue weighted by atomic mass is 9.89. The van der Waals surface area contributed by atoms with Crippen molar-refractivity contribution in [2.75, 3.05) is 33.5 Å². The monoisotopic (exact) mass is 275 g/mol. The highest BCUT2D eigenvalue weighted by Gasteiger charge is 2.50. The fraction of sp³-hybridized carbons (Fsp3) is 0.917. The number of carbonyl (C=O) groups excluding carboxylic acids is 1. The number of amides is 1. The van der Waals surface area contributed by atoms with E-state index in [0.29, 0.717) is 13.0 Å². The van der Waals surface area contributed by atoms with Crippen LogP contribution < -0.4 is 5.32 Å². The van der Waals surface area contributed by atoms with E-state index in [0.717, 1.165) is 6.42 Å². The smallest absolute Gasteiger partial charge is 0.257 e. The number of hydrogen-bond donors (Lipinski definition) is 3. The van der Waals surface area contributed by atoms with E-state index < -0.39 is 36.4 Å². The Morgan fingerprint density at radius 1 is 1.53 bits per heavy atom. The zero-order valence-corrected chi connectivity index (χ0v) is 11.0. The summed E-state index contributed by atoms with van der Waals surface area (Å²) in [5, 5.41) is 21.9. The Hall–Kier alpha value is -0.730. The first kappa shape index (κ1) is 14.7. The Balaban J connectivity index is 2.08. The molecule has 2 aliphatic heterocycles. The molecule has 2 unspecified atom stereocenters. The fourth-order valence-electron chi connectivity index (χ4n) is 2.56. The van der Waals surface area contributed by atoms with Crippen LogP contribution in [0.25, 0.3) is 0 Å². The van der Waals surface area contributed by atoms with Gasteiger partial charge < -0.3 is 29.7 Å². The summed E-state index contributed by atoms with van der Waals surface area (Å²) in [7, 11) is 1.49. The molecule has 1 amide bonds. The number of carbonyl (C=O) groups is 1. The van der Waals surface area contributed by atoms with Crippen molar-refractivity contribution in [3.63, 3.8) is 0 Å². The lowest BCUT2D eigenvalue weighted by Crippen LogP contribution is -2.64. The van der Waals surface area contributed by atoms with Gasteiger partial charge >= 0.3 is 0 Å². The van der Waals surface area contributed by atoms with Crippen LogP contribution in [0.2, 0.25) is 0 Å². The van der Waals surface area contributed by atoms with Gasteiger partial charge in [-0.1, -0.05) is 0 Å². The molecule has 0 aromatic carbocycles. The van der Waals surface area contributed by atoms with Gasteiger partial charge in [0.15, 0.2) is 5.60 Å². The molecule has 0 bridgehead atoms. The van der Waals surface area contributed by atoms with Crippen LogP contribution in [0.15, 0.2) is 0 Å². The molecule has 2 heterocycles. The predicted molar refractivity (Wildman–Crippen MR) is 64.6 cm³/mol. The molecule has 19 heavy (non-hydrogen) atoms. The van der Waals surface area contributed by atoms with Crippen LogP contribution in [-0.2, 0) is 19.0 Å².